The number of hydrogen-bond acceptors (Lipinski definition) is 6. The minimum Gasteiger partial charge on any atom is -0.488 e. The Morgan fingerprint density at radius 3 is 2.70 bits per heavy atom. The summed E-state index contributed by atoms with van der Waals surface area (Å²) in [4.78, 5) is 4.99. The molecule has 0 bridgehead atoms. The summed E-state index contributed by atoms with van der Waals surface area (Å²) in [6, 6.07) is 7.54. The smallest absolute Gasteiger partial charge is 0.121 e. The van der Waals surface area contributed by atoms with E-state index in [4.69, 9.17) is 19.5 Å². The van der Waals surface area contributed by atoms with Crippen LogP contribution in [-0.4, -0.2) is 46.5 Å². The Morgan fingerprint density at radius 1 is 1.35 bits per heavy atom. The molecule has 0 aliphatic heterocycles. The Kier molecular flexibility index (Phi) is 9.07. The maximum absolute atomic E-state index is 8.95. The number of rotatable bonds is 10. The van der Waals surface area contributed by atoms with E-state index < -0.39 is 0 Å². The number of aryl methyl sites for hydroxylation is 1. The van der Waals surface area contributed by atoms with Gasteiger partial charge in [-0.05, 0) is 43.7 Å². The van der Waals surface area contributed by atoms with Gasteiger partial charge in [-0.15, -0.1) is 11.8 Å². The number of thioether (sulfide) groups is 1. The van der Waals surface area contributed by atoms with Gasteiger partial charge >= 0.3 is 0 Å². The molecule has 0 aliphatic rings. The molecular formula is C17H22N2O3S. The van der Waals surface area contributed by atoms with E-state index in [-0.39, 0.29) is 0 Å². The Bertz CT molecular complexity index is 594. The lowest BCUT2D eigenvalue weighted by Crippen LogP contribution is -2.08. The van der Waals surface area contributed by atoms with Crippen LogP contribution < -0.4 is 4.74 Å². The van der Waals surface area contributed by atoms with Crippen molar-refractivity contribution in [1.82, 2.24) is 0 Å². The molecule has 0 radical (unpaired) electrons. The van der Waals surface area contributed by atoms with E-state index in [1.54, 1.807) is 31.0 Å². The van der Waals surface area contributed by atoms with Crippen molar-refractivity contribution in [2.24, 2.45) is 4.99 Å². The van der Waals surface area contributed by atoms with Crippen LogP contribution in [-0.2, 0) is 9.47 Å². The number of nitrogens with zero attached hydrogens (tertiary/aromatic N) is 2. The summed E-state index contributed by atoms with van der Waals surface area (Å²) < 4.78 is 16.2. The Labute approximate surface area is 142 Å². The molecule has 0 saturated heterocycles. The van der Waals surface area contributed by atoms with Crippen molar-refractivity contribution in [3.8, 4) is 11.8 Å². The molecule has 0 amide bonds. The van der Waals surface area contributed by atoms with Gasteiger partial charge in [-0.25, -0.2) is 0 Å². The highest BCUT2D eigenvalue weighted by molar-refractivity contribution is 8.02. The third-order valence-corrected chi connectivity index (χ3v) is 3.96. The average Bonchev–Trinajstić information content (AvgIpc) is 2.57. The quantitative estimate of drug-likeness (QED) is 0.486. The fourth-order valence-electron chi connectivity index (χ4n) is 1.79. The van der Waals surface area contributed by atoms with Gasteiger partial charge in [0.2, 0.25) is 0 Å². The van der Waals surface area contributed by atoms with Crippen LogP contribution in [0.2, 0.25) is 0 Å². The monoisotopic (exact) mass is 334 g/mol. The minimum atomic E-state index is 0.374. The number of methoxy groups -OCH3 is 1. The van der Waals surface area contributed by atoms with Crippen molar-refractivity contribution in [3.63, 3.8) is 0 Å². The number of benzene rings is 1. The van der Waals surface area contributed by atoms with Crippen LogP contribution in [0.15, 0.2) is 33.8 Å². The summed E-state index contributed by atoms with van der Waals surface area (Å²) in [7, 11) is 1.63. The molecule has 0 atom stereocenters. The summed E-state index contributed by atoms with van der Waals surface area (Å²) in [6.07, 6.45) is 1.96. The van der Waals surface area contributed by atoms with Crippen molar-refractivity contribution in [2.45, 2.75) is 6.92 Å². The highest BCUT2D eigenvalue weighted by Gasteiger charge is 2.07. The summed E-state index contributed by atoms with van der Waals surface area (Å²) in [5.74, 6) is 0.719. The number of nitriles is 1. The Hall–Kier alpha value is -1.81. The predicted octanol–water partition coefficient (Wildman–Crippen LogP) is 3.18. The van der Waals surface area contributed by atoms with Crippen LogP contribution in [0.5, 0.6) is 5.75 Å². The molecule has 0 aromatic heterocycles. The fraction of sp³-hybridized carbons (Fsp3) is 0.412. The third-order valence-electron chi connectivity index (χ3n) is 3.12. The van der Waals surface area contributed by atoms with E-state index in [1.807, 2.05) is 19.2 Å². The molecule has 0 spiro atoms. The highest BCUT2D eigenvalue weighted by atomic mass is 32.2. The molecule has 0 unspecified atom stereocenters. The Balaban J connectivity index is 2.70. The molecule has 5 nitrogen and oxygen atoms in total. The van der Waals surface area contributed by atoms with E-state index in [0.29, 0.717) is 32.0 Å². The van der Waals surface area contributed by atoms with E-state index in [0.717, 1.165) is 21.9 Å². The highest BCUT2D eigenvalue weighted by Crippen LogP contribution is 2.22. The van der Waals surface area contributed by atoms with Crippen LogP contribution >= 0.6 is 11.8 Å². The van der Waals surface area contributed by atoms with Crippen LogP contribution in [0, 0.1) is 18.3 Å². The second-order valence-electron chi connectivity index (χ2n) is 4.65. The maximum Gasteiger partial charge on any atom is 0.121 e. The van der Waals surface area contributed by atoms with Crippen molar-refractivity contribution >= 4 is 18.5 Å². The van der Waals surface area contributed by atoms with Crippen molar-refractivity contribution in [1.29, 1.82) is 5.26 Å². The van der Waals surface area contributed by atoms with Gasteiger partial charge < -0.3 is 14.2 Å². The molecular weight excluding hydrogens is 312 g/mol. The summed E-state index contributed by atoms with van der Waals surface area (Å²) in [5.41, 5.74) is 2.31. The van der Waals surface area contributed by atoms with Gasteiger partial charge in [0, 0.05) is 12.0 Å². The van der Waals surface area contributed by atoms with Gasteiger partial charge in [0.15, 0.2) is 0 Å². The third kappa shape index (κ3) is 6.45. The molecule has 0 saturated carbocycles. The van der Waals surface area contributed by atoms with E-state index >= 15 is 0 Å². The first kappa shape index (κ1) is 19.2. The lowest BCUT2D eigenvalue weighted by molar-refractivity contribution is 0.0817. The molecule has 6 heteroatoms. The number of ether oxygens (including phenoxy) is 3. The van der Waals surface area contributed by atoms with Crippen molar-refractivity contribution < 1.29 is 14.2 Å². The number of hydrogen-bond donors (Lipinski definition) is 0. The second-order valence-corrected chi connectivity index (χ2v) is 5.56. The van der Waals surface area contributed by atoms with Crippen molar-refractivity contribution in [2.75, 3.05) is 39.8 Å². The first-order chi connectivity index (χ1) is 11.2. The molecule has 1 aromatic rings. The predicted molar refractivity (Wildman–Crippen MR) is 94.2 cm³/mol. The van der Waals surface area contributed by atoms with E-state index in [2.05, 4.69) is 17.8 Å². The molecule has 1 rings (SSSR count). The first-order valence-electron chi connectivity index (χ1n) is 7.09. The van der Waals surface area contributed by atoms with Gasteiger partial charge in [-0.2, -0.15) is 5.26 Å². The molecule has 1 aromatic carbocycles. The SMILES string of the molecule is C=N/C(COCCOC)=C(/COc1ccc(C#N)c(C)c1)SC. The van der Waals surface area contributed by atoms with Gasteiger partial charge in [-0.1, -0.05) is 0 Å². The molecule has 0 heterocycles. The van der Waals surface area contributed by atoms with Gasteiger partial charge in [0.05, 0.1) is 37.2 Å². The summed E-state index contributed by atoms with van der Waals surface area (Å²) in [6.45, 7) is 7.29. The van der Waals surface area contributed by atoms with Crippen LogP contribution in [0.1, 0.15) is 11.1 Å². The number of aliphatic imine (C=N–C) groups is 1. The van der Waals surface area contributed by atoms with E-state index in [1.165, 1.54) is 0 Å². The van der Waals surface area contributed by atoms with Crippen LogP contribution in [0.3, 0.4) is 0 Å². The second kappa shape index (κ2) is 10.8. The zero-order chi connectivity index (χ0) is 17.1. The first-order valence-corrected chi connectivity index (χ1v) is 8.31. The van der Waals surface area contributed by atoms with Gasteiger partial charge in [-0.3, -0.25) is 4.99 Å². The topological polar surface area (TPSA) is 63.8 Å². The van der Waals surface area contributed by atoms with Crippen molar-refractivity contribution in [3.05, 3.63) is 39.9 Å². The van der Waals surface area contributed by atoms with Gasteiger partial charge in [0.1, 0.15) is 12.4 Å². The minimum absolute atomic E-state index is 0.374. The average molecular weight is 334 g/mol. The lowest BCUT2D eigenvalue weighted by Gasteiger charge is -2.12. The zero-order valence-corrected chi connectivity index (χ0v) is 14.6. The van der Waals surface area contributed by atoms with Crippen LogP contribution in [0.4, 0.5) is 0 Å². The summed E-state index contributed by atoms with van der Waals surface area (Å²) in [5, 5.41) is 8.95. The standard InChI is InChI=1S/C17H22N2O3S/c1-13-9-15(6-5-14(13)10-18)22-12-17(23-4)16(19-2)11-21-8-7-20-3/h5-6,9H,2,7-8,11-12H2,1,3-4H3/b17-16-. The molecule has 23 heavy (non-hydrogen) atoms. The summed E-state index contributed by atoms with van der Waals surface area (Å²) >= 11 is 1.55. The Morgan fingerprint density at radius 2 is 2.13 bits per heavy atom. The maximum atomic E-state index is 8.95. The van der Waals surface area contributed by atoms with E-state index in [9.17, 15) is 0 Å². The molecule has 0 aliphatic carbocycles. The van der Waals surface area contributed by atoms with Gasteiger partial charge in [0.25, 0.3) is 0 Å². The molecule has 124 valence electrons. The fourth-order valence-corrected chi connectivity index (χ4v) is 2.32. The normalized spacial score (nSPS) is 11.6. The van der Waals surface area contributed by atoms with Crippen LogP contribution in [0.25, 0.3) is 0 Å². The largest absolute Gasteiger partial charge is 0.488 e. The molecule has 0 fully saturated rings. The lowest BCUT2D eigenvalue weighted by atomic mass is 10.1. The molecule has 0 N–H and O–H groups in total. The zero-order valence-electron chi connectivity index (χ0n) is 13.8.